The first-order chi connectivity index (χ1) is 8.49. The van der Waals surface area contributed by atoms with Crippen molar-refractivity contribution in [3.05, 3.63) is 35.9 Å². The molecule has 98 valence electrons. The molecule has 18 heavy (non-hydrogen) atoms. The van der Waals surface area contributed by atoms with Crippen molar-refractivity contribution in [3.8, 4) is 0 Å². The van der Waals surface area contributed by atoms with Gasteiger partial charge < -0.3 is 4.74 Å². The smallest absolute Gasteiger partial charge is 0.338 e. The van der Waals surface area contributed by atoms with E-state index < -0.39 is 37.0 Å². The second kappa shape index (κ2) is 5.00. The van der Waals surface area contributed by atoms with Crippen LogP contribution in [0.2, 0.25) is 0 Å². The van der Waals surface area contributed by atoms with Gasteiger partial charge in [-0.3, -0.25) is 0 Å². The van der Waals surface area contributed by atoms with Crippen molar-refractivity contribution in [2.45, 2.75) is 37.5 Å². The molecule has 0 unspecified atom stereocenters. The van der Waals surface area contributed by atoms with E-state index in [2.05, 4.69) is 0 Å². The Morgan fingerprint density at radius 2 is 1.94 bits per heavy atom. The van der Waals surface area contributed by atoms with E-state index in [0.29, 0.717) is 5.56 Å². The molecule has 0 aliphatic heterocycles. The second-order valence-electron chi connectivity index (χ2n) is 4.40. The van der Waals surface area contributed by atoms with Gasteiger partial charge in [-0.1, -0.05) is 18.2 Å². The third-order valence-corrected chi connectivity index (χ3v) is 3.01. The highest BCUT2D eigenvalue weighted by atomic mass is 19.3. The maximum Gasteiger partial charge on any atom is 0.338 e. The van der Waals surface area contributed by atoms with Gasteiger partial charge in [-0.25, -0.2) is 18.0 Å². The number of ether oxygens (including phenoxy) is 1. The molecule has 2 rings (SSSR count). The summed E-state index contributed by atoms with van der Waals surface area (Å²) in [5, 5.41) is 0. The Kier molecular flexibility index (Phi) is 3.59. The Morgan fingerprint density at radius 3 is 2.56 bits per heavy atom. The molecule has 0 heterocycles. The standard InChI is InChI=1S/C13H13F3O2/c14-11-8-10(6-7-13(11,15)16)18-12(17)9-4-2-1-3-5-9/h1-5,10-11H,6-8H2/t10-,11+/m1/s1. The molecule has 1 aliphatic rings. The molecule has 2 atom stereocenters. The molecular formula is C13H13F3O2. The minimum Gasteiger partial charge on any atom is -0.459 e. The van der Waals surface area contributed by atoms with Crippen LogP contribution in [0.1, 0.15) is 29.6 Å². The third kappa shape index (κ3) is 2.83. The van der Waals surface area contributed by atoms with E-state index in [0.717, 1.165) is 0 Å². The van der Waals surface area contributed by atoms with Crippen LogP contribution in [0.25, 0.3) is 0 Å². The lowest BCUT2D eigenvalue weighted by Crippen LogP contribution is -2.40. The lowest BCUT2D eigenvalue weighted by Gasteiger charge is -2.30. The van der Waals surface area contributed by atoms with Crippen molar-refractivity contribution in [1.82, 2.24) is 0 Å². The summed E-state index contributed by atoms with van der Waals surface area (Å²) in [6.45, 7) is 0. The van der Waals surface area contributed by atoms with Gasteiger partial charge in [-0.05, 0) is 18.6 Å². The molecule has 1 saturated carbocycles. The minimum atomic E-state index is -3.30. The Bertz CT molecular complexity index is 420. The van der Waals surface area contributed by atoms with E-state index in [1.807, 2.05) is 0 Å². The number of halogens is 3. The number of hydrogen-bond acceptors (Lipinski definition) is 2. The van der Waals surface area contributed by atoms with Crippen molar-refractivity contribution in [2.24, 2.45) is 0 Å². The SMILES string of the molecule is O=C(O[C@@H]1CCC(F)(F)[C@@H](F)C1)c1ccccc1. The Hall–Kier alpha value is -1.52. The largest absolute Gasteiger partial charge is 0.459 e. The van der Waals surface area contributed by atoms with Crippen molar-refractivity contribution < 1.29 is 22.7 Å². The molecule has 1 aliphatic carbocycles. The molecule has 0 bridgehead atoms. The predicted molar refractivity (Wildman–Crippen MR) is 59.3 cm³/mol. The molecule has 1 aromatic carbocycles. The normalized spacial score (nSPS) is 26.6. The van der Waals surface area contributed by atoms with Crippen LogP contribution in [0, 0.1) is 0 Å². The molecule has 5 heteroatoms. The maximum atomic E-state index is 13.1. The molecule has 1 aromatic rings. The monoisotopic (exact) mass is 258 g/mol. The van der Waals surface area contributed by atoms with Crippen molar-refractivity contribution in [1.29, 1.82) is 0 Å². The lowest BCUT2D eigenvalue weighted by atomic mass is 9.92. The van der Waals surface area contributed by atoms with Crippen LogP contribution in [0.15, 0.2) is 30.3 Å². The molecule has 1 fully saturated rings. The quantitative estimate of drug-likeness (QED) is 0.760. The summed E-state index contributed by atoms with van der Waals surface area (Å²) >= 11 is 0. The van der Waals surface area contributed by atoms with Crippen LogP contribution in [0.3, 0.4) is 0 Å². The molecule has 2 nitrogen and oxygen atoms in total. The first kappa shape index (κ1) is 12.9. The van der Waals surface area contributed by atoms with Gasteiger partial charge in [0, 0.05) is 12.8 Å². The summed E-state index contributed by atoms with van der Waals surface area (Å²) in [5.74, 6) is -3.90. The molecule has 0 amide bonds. The zero-order valence-corrected chi connectivity index (χ0v) is 9.61. The van der Waals surface area contributed by atoms with E-state index in [1.165, 1.54) is 0 Å². The van der Waals surface area contributed by atoms with Gasteiger partial charge in [0.25, 0.3) is 5.92 Å². The number of alkyl halides is 3. The number of rotatable bonds is 2. The number of carbonyl (C=O) groups is 1. The van der Waals surface area contributed by atoms with Gasteiger partial charge in [-0.2, -0.15) is 0 Å². The fourth-order valence-corrected chi connectivity index (χ4v) is 1.93. The van der Waals surface area contributed by atoms with Crippen LogP contribution in [0.4, 0.5) is 13.2 Å². The average molecular weight is 258 g/mol. The first-order valence-electron chi connectivity index (χ1n) is 5.77. The summed E-state index contributed by atoms with van der Waals surface area (Å²) in [7, 11) is 0. The van der Waals surface area contributed by atoms with Crippen LogP contribution >= 0.6 is 0 Å². The number of hydrogen-bond donors (Lipinski definition) is 0. The summed E-state index contributed by atoms with van der Waals surface area (Å²) < 4.78 is 44.0. The van der Waals surface area contributed by atoms with E-state index in [9.17, 15) is 18.0 Å². The minimum absolute atomic E-state index is 0.00794. The first-order valence-corrected chi connectivity index (χ1v) is 5.77. The van der Waals surface area contributed by atoms with Gasteiger partial charge in [0.1, 0.15) is 6.10 Å². The van der Waals surface area contributed by atoms with E-state index in [1.54, 1.807) is 30.3 Å². The zero-order chi connectivity index (χ0) is 13.2. The lowest BCUT2D eigenvalue weighted by molar-refractivity contribution is -0.123. The van der Waals surface area contributed by atoms with Gasteiger partial charge in [-0.15, -0.1) is 0 Å². The molecule has 0 spiro atoms. The van der Waals surface area contributed by atoms with E-state index in [-0.39, 0.29) is 6.42 Å². The molecule has 0 N–H and O–H groups in total. The number of esters is 1. The van der Waals surface area contributed by atoms with Crippen molar-refractivity contribution in [3.63, 3.8) is 0 Å². The van der Waals surface area contributed by atoms with Crippen LogP contribution in [0.5, 0.6) is 0 Å². The Labute approximate surface area is 103 Å². The molecule has 0 radical (unpaired) electrons. The summed E-state index contributed by atoms with van der Waals surface area (Å²) in [4.78, 5) is 11.6. The molecular weight excluding hydrogens is 245 g/mol. The highest BCUT2D eigenvalue weighted by molar-refractivity contribution is 5.89. The van der Waals surface area contributed by atoms with Crippen LogP contribution in [-0.4, -0.2) is 24.2 Å². The molecule has 0 aromatic heterocycles. The Balaban J connectivity index is 1.94. The topological polar surface area (TPSA) is 26.3 Å². The average Bonchev–Trinajstić information content (AvgIpc) is 2.35. The summed E-state index contributed by atoms with van der Waals surface area (Å²) in [6, 6.07) is 8.21. The predicted octanol–water partition coefficient (Wildman–Crippen LogP) is 3.37. The van der Waals surface area contributed by atoms with Crippen molar-refractivity contribution >= 4 is 5.97 Å². The van der Waals surface area contributed by atoms with Crippen molar-refractivity contribution in [2.75, 3.05) is 0 Å². The summed E-state index contributed by atoms with van der Waals surface area (Å²) in [6.07, 6.45) is -4.04. The number of carbonyl (C=O) groups excluding carboxylic acids is 1. The van der Waals surface area contributed by atoms with E-state index in [4.69, 9.17) is 4.74 Å². The van der Waals surface area contributed by atoms with Gasteiger partial charge in [0.05, 0.1) is 5.56 Å². The molecule has 0 saturated heterocycles. The van der Waals surface area contributed by atoms with Gasteiger partial charge in [0.15, 0.2) is 6.17 Å². The Morgan fingerprint density at radius 1 is 1.28 bits per heavy atom. The highest BCUT2D eigenvalue weighted by Crippen LogP contribution is 2.36. The zero-order valence-electron chi connectivity index (χ0n) is 9.61. The van der Waals surface area contributed by atoms with E-state index >= 15 is 0 Å². The number of benzene rings is 1. The van der Waals surface area contributed by atoms with Crippen LogP contribution in [-0.2, 0) is 4.74 Å². The van der Waals surface area contributed by atoms with Crippen LogP contribution < -0.4 is 0 Å². The maximum absolute atomic E-state index is 13.1. The fraction of sp³-hybridized carbons (Fsp3) is 0.462. The fourth-order valence-electron chi connectivity index (χ4n) is 1.93. The van der Waals surface area contributed by atoms with Gasteiger partial charge in [0.2, 0.25) is 0 Å². The highest BCUT2D eigenvalue weighted by Gasteiger charge is 2.46. The second-order valence-corrected chi connectivity index (χ2v) is 4.40. The third-order valence-electron chi connectivity index (χ3n) is 3.01. The van der Waals surface area contributed by atoms with Gasteiger partial charge >= 0.3 is 5.97 Å². The summed E-state index contributed by atoms with van der Waals surface area (Å²) in [5.41, 5.74) is 0.338.